The summed E-state index contributed by atoms with van der Waals surface area (Å²) in [5.74, 6) is -2.66. The van der Waals surface area contributed by atoms with Crippen LogP contribution in [0.2, 0.25) is 0 Å². The summed E-state index contributed by atoms with van der Waals surface area (Å²) >= 11 is 6.15. The summed E-state index contributed by atoms with van der Waals surface area (Å²) in [6, 6.07) is 10.4. The van der Waals surface area contributed by atoms with Gasteiger partial charge in [-0.2, -0.15) is 26.3 Å². The van der Waals surface area contributed by atoms with Crippen molar-refractivity contribution in [3.05, 3.63) is 87.8 Å². The van der Waals surface area contributed by atoms with Gasteiger partial charge >= 0.3 is 30.3 Å². The molecule has 17 heteroatoms. The van der Waals surface area contributed by atoms with E-state index in [1.807, 2.05) is 0 Å². The molecule has 0 N–H and O–H groups in total. The van der Waals surface area contributed by atoms with Gasteiger partial charge in [0.05, 0.1) is 35.1 Å². The normalized spacial score (nSPS) is 14.4. The Morgan fingerprint density at radius 2 is 1.46 bits per heavy atom. The lowest BCUT2D eigenvalue weighted by atomic mass is 9.97. The summed E-state index contributed by atoms with van der Waals surface area (Å²) in [6.45, 7) is 4.34. The van der Waals surface area contributed by atoms with Crippen molar-refractivity contribution in [3.8, 4) is 22.6 Å². The lowest BCUT2D eigenvalue weighted by Crippen LogP contribution is -2.31. The van der Waals surface area contributed by atoms with Crippen LogP contribution in [0.25, 0.3) is 17.2 Å². The highest BCUT2D eigenvalue weighted by Crippen LogP contribution is 2.40. The highest BCUT2D eigenvalue weighted by Gasteiger charge is 2.37. The molecule has 1 fully saturated rings. The molecule has 0 aliphatic carbocycles. The molecule has 1 aliphatic heterocycles. The van der Waals surface area contributed by atoms with E-state index in [2.05, 4.69) is 4.74 Å². The highest BCUT2D eigenvalue weighted by atomic mass is 32.2. The van der Waals surface area contributed by atoms with Gasteiger partial charge in [-0.25, -0.2) is 9.59 Å². The van der Waals surface area contributed by atoms with Crippen molar-refractivity contribution < 1.29 is 64.5 Å². The van der Waals surface area contributed by atoms with Crippen molar-refractivity contribution in [2.24, 2.45) is 0 Å². The van der Waals surface area contributed by atoms with Crippen LogP contribution >= 0.6 is 24.0 Å². The van der Waals surface area contributed by atoms with E-state index < -0.39 is 65.1 Å². The Morgan fingerprint density at radius 3 is 2.02 bits per heavy atom. The zero-order valence-electron chi connectivity index (χ0n) is 27.8. The standard InChI is InChI=1S/C35H29F6NO8S2/c1-33(2,3)50-31(46)19-5-8-25(9-6-19)49-28(43)11-12-42-30(45)27(52-32(42)51)16-22-13-20(7-10-26(22)48-18-29(44)47-4)21-14-23(34(36,37)38)17-24(15-21)35(39,40)41/h5-10,13-17H,11-12,18H2,1-4H3. The number of nitrogens with zero attached hydrogens (tertiary/aromatic N) is 1. The summed E-state index contributed by atoms with van der Waals surface area (Å²) in [5.41, 5.74) is -4.02. The number of rotatable bonds is 10. The number of esters is 3. The maximum Gasteiger partial charge on any atom is 0.416 e. The quantitative estimate of drug-likeness (QED) is 0.0660. The molecule has 0 bridgehead atoms. The maximum atomic E-state index is 13.6. The second-order valence-electron chi connectivity index (χ2n) is 12.0. The van der Waals surface area contributed by atoms with Crippen molar-refractivity contribution >= 4 is 58.2 Å². The van der Waals surface area contributed by atoms with Gasteiger partial charge in [0.15, 0.2) is 6.61 Å². The molecule has 52 heavy (non-hydrogen) atoms. The number of carbonyl (C=O) groups excluding carboxylic acids is 4. The molecule has 0 unspecified atom stereocenters. The molecule has 1 aliphatic rings. The molecule has 1 saturated heterocycles. The zero-order valence-corrected chi connectivity index (χ0v) is 29.4. The monoisotopic (exact) mass is 769 g/mol. The van der Waals surface area contributed by atoms with Crippen LogP contribution in [0, 0.1) is 0 Å². The molecule has 1 amide bonds. The van der Waals surface area contributed by atoms with Gasteiger partial charge in [-0.3, -0.25) is 14.5 Å². The number of hydrogen-bond acceptors (Lipinski definition) is 10. The minimum absolute atomic E-state index is 0.00169. The lowest BCUT2D eigenvalue weighted by Gasteiger charge is -2.19. The average molecular weight is 770 g/mol. The second-order valence-corrected chi connectivity index (χ2v) is 13.7. The Bertz CT molecular complexity index is 1890. The third-order valence-corrected chi connectivity index (χ3v) is 8.30. The van der Waals surface area contributed by atoms with E-state index in [9.17, 15) is 45.5 Å². The Balaban J connectivity index is 1.56. The molecular weight excluding hydrogens is 741 g/mol. The maximum absolute atomic E-state index is 13.6. The van der Waals surface area contributed by atoms with Crippen LogP contribution < -0.4 is 9.47 Å². The van der Waals surface area contributed by atoms with Crippen molar-refractivity contribution in [2.75, 3.05) is 20.3 Å². The molecule has 0 aromatic heterocycles. The molecule has 9 nitrogen and oxygen atoms in total. The van der Waals surface area contributed by atoms with Crippen LogP contribution in [0.3, 0.4) is 0 Å². The van der Waals surface area contributed by atoms with Crippen molar-refractivity contribution in [3.63, 3.8) is 0 Å². The van der Waals surface area contributed by atoms with E-state index in [1.54, 1.807) is 20.8 Å². The Morgan fingerprint density at radius 1 is 0.846 bits per heavy atom. The molecular formula is C35H29F6NO8S2. The largest absolute Gasteiger partial charge is 0.481 e. The fourth-order valence-corrected chi connectivity index (χ4v) is 5.80. The number of amides is 1. The van der Waals surface area contributed by atoms with Gasteiger partial charge in [0.1, 0.15) is 21.4 Å². The highest BCUT2D eigenvalue weighted by molar-refractivity contribution is 8.26. The summed E-state index contributed by atoms with van der Waals surface area (Å²) < 4.78 is 102. The smallest absolute Gasteiger partial charge is 0.416 e. The minimum atomic E-state index is -5.09. The third kappa shape index (κ3) is 10.6. The van der Waals surface area contributed by atoms with Gasteiger partial charge < -0.3 is 18.9 Å². The first kappa shape index (κ1) is 39.9. The Kier molecular flexibility index (Phi) is 12.1. The molecule has 0 atom stereocenters. The van der Waals surface area contributed by atoms with E-state index in [4.69, 9.17) is 26.4 Å². The van der Waals surface area contributed by atoms with E-state index in [0.29, 0.717) is 12.1 Å². The summed E-state index contributed by atoms with van der Waals surface area (Å²) in [6.07, 6.45) is -9.23. The van der Waals surface area contributed by atoms with Gasteiger partial charge in [0.25, 0.3) is 5.91 Å². The fourth-order valence-electron chi connectivity index (χ4n) is 4.51. The van der Waals surface area contributed by atoms with Gasteiger partial charge in [-0.15, -0.1) is 0 Å². The lowest BCUT2D eigenvalue weighted by molar-refractivity contribution is -0.144. The van der Waals surface area contributed by atoms with Crippen molar-refractivity contribution in [2.45, 2.75) is 45.1 Å². The number of benzene rings is 3. The van der Waals surface area contributed by atoms with Crippen LogP contribution in [0.1, 0.15) is 54.2 Å². The van der Waals surface area contributed by atoms with E-state index in [1.165, 1.54) is 48.5 Å². The predicted octanol–water partition coefficient (Wildman–Crippen LogP) is 8.10. The topological polar surface area (TPSA) is 108 Å². The van der Waals surface area contributed by atoms with Gasteiger partial charge in [-0.1, -0.05) is 30.0 Å². The Labute approximate surface area is 302 Å². The number of halogens is 6. The van der Waals surface area contributed by atoms with E-state index in [0.717, 1.165) is 23.8 Å². The molecule has 0 spiro atoms. The number of methoxy groups -OCH3 is 1. The van der Waals surface area contributed by atoms with Crippen LogP contribution in [0.15, 0.2) is 65.6 Å². The summed E-state index contributed by atoms with van der Waals surface area (Å²) in [7, 11) is 1.10. The molecule has 3 aromatic carbocycles. The van der Waals surface area contributed by atoms with E-state index >= 15 is 0 Å². The van der Waals surface area contributed by atoms with Crippen LogP contribution in [-0.4, -0.2) is 58.9 Å². The van der Waals surface area contributed by atoms with Crippen LogP contribution in [0.4, 0.5) is 26.3 Å². The average Bonchev–Trinajstić information content (AvgIpc) is 3.32. The number of alkyl halides is 6. The number of thiocarbonyl (C=S) groups is 1. The molecule has 1 heterocycles. The SMILES string of the molecule is COC(=O)COc1ccc(-c2cc(C(F)(F)F)cc(C(F)(F)F)c2)cc1C=C1SC(=S)N(CCC(=O)Oc2ccc(C(=O)OC(C)(C)C)cc2)C1=O. The van der Waals surface area contributed by atoms with Crippen molar-refractivity contribution in [1.29, 1.82) is 0 Å². The fraction of sp³-hybridized carbons (Fsp3) is 0.286. The summed E-state index contributed by atoms with van der Waals surface area (Å²) in [5, 5.41) is 0. The predicted molar refractivity (Wildman–Crippen MR) is 181 cm³/mol. The second kappa shape index (κ2) is 15.8. The first-order valence-corrected chi connectivity index (χ1v) is 16.3. The number of hydrogen-bond donors (Lipinski definition) is 0. The number of carbonyl (C=O) groups is 4. The molecule has 4 rings (SSSR count). The molecule has 0 radical (unpaired) electrons. The molecule has 276 valence electrons. The van der Waals surface area contributed by atoms with Crippen LogP contribution in [-0.2, 0) is 36.2 Å². The molecule has 0 saturated carbocycles. The zero-order chi connectivity index (χ0) is 38.6. The Hall–Kier alpha value is -4.90. The third-order valence-electron chi connectivity index (χ3n) is 6.92. The van der Waals surface area contributed by atoms with E-state index in [-0.39, 0.29) is 56.4 Å². The number of thioether (sulfide) groups is 1. The first-order chi connectivity index (χ1) is 24.1. The molecule has 3 aromatic rings. The van der Waals surface area contributed by atoms with Gasteiger partial charge in [0.2, 0.25) is 0 Å². The van der Waals surface area contributed by atoms with Gasteiger partial charge in [0, 0.05) is 12.1 Å². The first-order valence-electron chi connectivity index (χ1n) is 15.1. The van der Waals surface area contributed by atoms with Crippen LogP contribution in [0.5, 0.6) is 11.5 Å². The van der Waals surface area contributed by atoms with Crippen molar-refractivity contribution in [1.82, 2.24) is 4.90 Å². The number of ether oxygens (including phenoxy) is 4. The van der Waals surface area contributed by atoms with Gasteiger partial charge in [-0.05, 0) is 92.6 Å². The summed E-state index contributed by atoms with van der Waals surface area (Å²) in [4.78, 5) is 51.0. The minimum Gasteiger partial charge on any atom is -0.481 e.